The van der Waals surface area contributed by atoms with E-state index in [0.717, 1.165) is 0 Å². The molecule has 0 aromatic heterocycles. The fourth-order valence-corrected chi connectivity index (χ4v) is 3.42. The fraction of sp³-hybridized carbons (Fsp3) is 0.273. The van der Waals surface area contributed by atoms with Crippen molar-refractivity contribution in [3.05, 3.63) is 70.7 Å². The number of urea groups is 1. The third-order valence-electron chi connectivity index (χ3n) is 5.22. The van der Waals surface area contributed by atoms with Crippen LogP contribution in [0.4, 0.5) is 4.79 Å². The van der Waals surface area contributed by atoms with Gasteiger partial charge in [0, 0.05) is 0 Å². The lowest BCUT2D eigenvalue weighted by atomic mass is 10.00. The molecule has 2 unspecified atom stereocenters. The SMILES string of the molecule is CCC1(C)NC(=O)N(NC(=O)CC(NC(=O)c2ccccc2Cl)c2ccccc2)C1=O. The van der Waals surface area contributed by atoms with Crippen LogP contribution in [-0.2, 0) is 9.59 Å². The van der Waals surface area contributed by atoms with E-state index in [2.05, 4.69) is 16.1 Å². The van der Waals surface area contributed by atoms with Crippen LogP contribution in [0.3, 0.4) is 0 Å². The molecule has 8 nitrogen and oxygen atoms in total. The summed E-state index contributed by atoms with van der Waals surface area (Å²) in [6.45, 7) is 3.36. The van der Waals surface area contributed by atoms with E-state index in [4.69, 9.17) is 11.6 Å². The van der Waals surface area contributed by atoms with Crippen LogP contribution in [0.25, 0.3) is 0 Å². The number of hydrogen-bond acceptors (Lipinski definition) is 4. The van der Waals surface area contributed by atoms with Gasteiger partial charge in [0.15, 0.2) is 0 Å². The fourth-order valence-electron chi connectivity index (χ4n) is 3.20. The van der Waals surface area contributed by atoms with E-state index in [0.29, 0.717) is 17.0 Å². The van der Waals surface area contributed by atoms with Crippen molar-refractivity contribution in [2.75, 3.05) is 0 Å². The molecule has 0 spiro atoms. The van der Waals surface area contributed by atoms with Crippen LogP contribution in [0.5, 0.6) is 0 Å². The predicted molar refractivity (Wildman–Crippen MR) is 115 cm³/mol. The molecule has 31 heavy (non-hydrogen) atoms. The number of hydrazine groups is 1. The minimum absolute atomic E-state index is 0.194. The molecular formula is C22H23ClN4O4. The summed E-state index contributed by atoms with van der Waals surface area (Å²) in [6, 6.07) is 14.1. The molecule has 2 atom stereocenters. The minimum atomic E-state index is -1.07. The van der Waals surface area contributed by atoms with Crippen molar-refractivity contribution in [2.24, 2.45) is 0 Å². The number of nitrogens with one attached hydrogen (secondary N) is 3. The second kappa shape index (κ2) is 9.18. The molecule has 9 heteroatoms. The highest BCUT2D eigenvalue weighted by Crippen LogP contribution is 2.22. The first-order chi connectivity index (χ1) is 14.7. The molecule has 1 aliphatic rings. The largest absolute Gasteiger partial charge is 0.345 e. The number of halogens is 1. The molecule has 0 radical (unpaired) electrons. The van der Waals surface area contributed by atoms with Crippen LogP contribution in [0.2, 0.25) is 5.02 Å². The maximum absolute atomic E-state index is 12.7. The Bertz CT molecular complexity index is 1010. The highest BCUT2D eigenvalue weighted by Gasteiger charge is 2.47. The van der Waals surface area contributed by atoms with E-state index in [1.165, 1.54) is 0 Å². The van der Waals surface area contributed by atoms with E-state index in [-0.39, 0.29) is 17.0 Å². The van der Waals surface area contributed by atoms with E-state index >= 15 is 0 Å². The monoisotopic (exact) mass is 442 g/mol. The van der Waals surface area contributed by atoms with Gasteiger partial charge in [-0.2, -0.15) is 5.01 Å². The van der Waals surface area contributed by atoms with Gasteiger partial charge in [-0.1, -0.05) is 61.0 Å². The average Bonchev–Trinajstić information content (AvgIpc) is 2.97. The van der Waals surface area contributed by atoms with Crippen LogP contribution in [0, 0.1) is 0 Å². The molecule has 3 rings (SSSR count). The lowest BCUT2D eigenvalue weighted by molar-refractivity contribution is -0.139. The molecule has 3 N–H and O–H groups in total. The minimum Gasteiger partial charge on any atom is -0.345 e. The average molecular weight is 443 g/mol. The number of carbonyl (C=O) groups excluding carboxylic acids is 4. The Kier molecular flexibility index (Phi) is 6.60. The smallest absolute Gasteiger partial charge is 0.344 e. The van der Waals surface area contributed by atoms with Crippen molar-refractivity contribution < 1.29 is 19.2 Å². The molecule has 162 valence electrons. The Labute approximate surface area is 184 Å². The number of carbonyl (C=O) groups is 4. The van der Waals surface area contributed by atoms with E-state index in [1.54, 1.807) is 62.4 Å². The molecule has 5 amide bonds. The lowest BCUT2D eigenvalue weighted by Crippen LogP contribution is -2.49. The maximum Gasteiger partial charge on any atom is 0.344 e. The van der Waals surface area contributed by atoms with Gasteiger partial charge < -0.3 is 10.6 Å². The summed E-state index contributed by atoms with van der Waals surface area (Å²) in [5, 5.41) is 6.35. The van der Waals surface area contributed by atoms with Crippen LogP contribution < -0.4 is 16.1 Å². The normalized spacial score (nSPS) is 19.0. The molecule has 1 heterocycles. The topological polar surface area (TPSA) is 108 Å². The van der Waals surface area contributed by atoms with Gasteiger partial charge in [-0.3, -0.25) is 19.8 Å². The summed E-state index contributed by atoms with van der Waals surface area (Å²) in [6.07, 6.45) is 0.185. The van der Waals surface area contributed by atoms with Crippen LogP contribution >= 0.6 is 11.6 Å². The van der Waals surface area contributed by atoms with Crippen molar-refractivity contribution >= 4 is 35.4 Å². The van der Waals surface area contributed by atoms with Crippen molar-refractivity contribution in [2.45, 2.75) is 38.3 Å². The maximum atomic E-state index is 12.7. The van der Waals surface area contributed by atoms with Crippen LogP contribution in [-0.4, -0.2) is 34.3 Å². The zero-order valence-electron chi connectivity index (χ0n) is 17.1. The number of benzene rings is 2. The zero-order valence-corrected chi connectivity index (χ0v) is 17.9. The van der Waals surface area contributed by atoms with Gasteiger partial charge >= 0.3 is 6.03 Å². The second-order valence-electron chi connectivity index (χ2n) is 7.41. The Hall–Kier alpha value is -3.39. The van der Waals surface area contributed by atoms with Gasteiger partial charge in [0.25, 0.3) is 11.8 Å². The summed E-state index contributed by atoms with van der Waals surface area (Å²) in [5.74, 6) is -1.58. The molecule has 1 saturated heterocycles. The number of amides is 5. The van der Waals surface area contributed by atoms with Gasteiger partial charge in [0.05, 0.1) is 23.0 Å². The Morgan fingerprint density at radius 1 is 1.10 bits per heavy atom. The van der Waals surface area contributed by atoms with Crippen LogP contribution in [0.15, 0.2) is 54.6 Å². The molecule has 0 saturated carbocycles. The third-order valence-corrected chi connectivity index (χ3v) is 5.55. The zero-order chi connectivity index (χ0) is 22.6. The molecule has 0 bridgehead atoms. The van der Waals surface area contributed by atoms with Gasteiger partial charge in [0.2, 0.25) is 5.91 Å². The summed E-state index contributed by atoms with van der Waals surface area (Å²) < 4.78 is 0. The first-order valence-corrected chi connectivity index (χ1v) is 10.2. The van der Waals surface area contributed by atoms with Gasteiger partial charge in [-0.05, 0) is 31.0 Å². The standard InChI is InChI=1S/C22H23ClN4O4/c1-3-22(2)20(30)27(21(31)25-22)26-18(28)13-17(14-9-5-4-6-10-14)24-19(29)15-11-7-8-12-16(15)23/h4-12,17H,3,13H2,1-2H3,(H,24,29)(H,25,31)(H,26,28). The van der Waals surface area contributed by atoms with Gasteiger partial charge in [-0.15, -0.1) is 0 Å². The summed E-state index contributed by atoms with van der Waals surface area (Å²) in [7, 11) is 0. The molecule has 1 fully saturated rings. The summed E-state index contributed by atoms with van der Waals surface area (Å²) in [4.78, 5) is 50.1. The third kappa shape index (κ3) is 4.86. The predicted octanol–water partition coefficient (Wildman–Crippen LogP) is 2.95. The highest BCUT2D eigenvalue weighted by molar-refractivity contribution is 6.33. The molecule has 1 aliphatic heterocycles. The van der Waals surface area contributed by atoms with Gasteiger partial charge in [-0.25, -0.2) is 4.79 Å². The second-order valence-corrected chi connectivity index (χ2v) is 7.82. The van der Waals surface area contributed by atoms with Crippen molar-refractivity contribution in [3.8, 4) is 0 Å². The van der Waals surface area contributed by atoms with E-state index in [9.17, 15) is 19.2 Å². The molecule has 0 aliphatic carbocycles. The summed E-state index contributed by atoms with van der Waals surface area (Å²) in [5.41, 5.74) is 2.24. The Morgan fingerprint density at radius 2 is 1.74 bits per heavy atom. The van der Waals surface area contributed by atoms with Crippen molar-refractivity contribution in [1.29, 1.82) is 0 Å². The van der Waals surface area contributed by atoms with E-state index in [1.807, 2.05) is 6.07 Å². The molecule has 2 aromatic carbocycles. The molecule has 2 aromatic rings. The van der Waals surface area contributed by atoms with Crippen LogP contribution in [0.1, 0.15) is 48.7 Å². The molecular weight excluding hydrogens is 420 g/mol. The lowest BCUT2D eigenvalue weighted by Gasteiger charge is -2.22. The first-order valence-electron chi connectivity index (χ1n) is 9.81. The number of imide groups is 1. The van der Waals surface area contributed by atoms with Crippen molar-refractivity contribution in [1.82, 2.24) is 21.1 Å². The first kappa shape index (κ1) is 22.3. The Morgan fingerprint density at radius 3 is 2.35 bits per heavy atom. The quantitative estimate of drug-likeness (QED) is 0.573. The van der Waals surface area contributed by atoms with E-state index < -0.39 is 35.3 Å². The van der Waals surface area contributed by atoms with Crippen molar-refractivity contribution in [3.63, 3.8) is 0 Å². The number of hydrogen-bond donors (Lipinski definition) is 3. The Balaban J connectivity index is 1.76. The number of rotatable bonds is 7. The summed E-state index contributed by atoms with van der Waals surface area (Å²) >= 11 is 6.11. The number of nitrogens with zero attached hydrogens (tertiary/aromatic N) is 1. The van der Waals surface area contributed by atoms with Gasteiger partial charge in [0.1, 0.15) is 5.54 Å². The highest BCUT2D eigenvalue weighted by atomic mass is 35.5.